The Kier molecular flexibility index (Phi) is 4.65. The Morgan fingerprint density at radius 1 is 1.04 bits per heavy atom. The van der Waals surface area contributed by atoms with Gasteiger partial charge in [-0.05, 0) is 24.1 Å². The Morgan fingerprint density at radius 3 is 2.28 bits per heavy atom. The molecule has 2 aromatic carbocycles. The highest BCUT2D eigenvalue weighted by atomic mass is 16.2. The number of rotatable bonds is 4. The smallest absolute Gasteiger partial charge is 0.279 e. The van der Waals surface area contributed by atoms with Gasteiger partial charge in [0, 0.05) is 24.7 Å². The van der Waals surface area contributed by atoms with Gasteiger partial charge in [0.15, 0.2) is 5.69 Å². The highest BCUT2D eigenvalue weighted by molar-refractivity contribution is 6.12. The molecule has 0 bridgehead atoms. The van der Waals surface area contributed by atoms with Crippen LogP contribution in [0.2, 0.25) is 0 Å². The summed E-state index contributed by atoms with van der Waals surface area (Å²) in [5.41, 5.74) is 0.908. The van der Waals surface area contributed by atoms with Crippen molar-refractivity contribution in [3.8, 4) is 0 Å². The summed E-state index contributed by atoms with van der Waals surface area (Å²) in [5, 5.41) is 5.50. The van der Waals surface area contributed by atoms with Crippen molar-refractivity contribution < 1.29 is 4.79 Å². The lowest BCUT2D eigenvalue weighted by atomic mass is 10.1. The summed E-state index contributed by atoms with van der Waals surface area (Å²) >= 11 is 0. The number of carbonyl (C=O) groups excluding carboxylic acids is 1. The van der Waals surface area contributed by atoms with Crippen molar-refractivity contribution >= 4 is 22.4 Å². The zero-order chi connectivity index (χ0) is 18.0. The molecule has 5 heteroatoms. The van der Waals surface area contributed by atoms with E-state index in [2.05, 4.69) is 5.10 Å². The van der Waals surface area contributed by atoms with Crippen LogP contribution in [0, 0.1) is 5.92 Å². The number of hydrogen-bond donors (Lipinski definition) is 0. The van der Waals surface area contributed by atoms with Crippen LogP contribution in [0.4, 0.5) is 5.69 Å². The Labute approximate surface area is 146 Å². The van der Waals surface area contributed by atoms with E-state index >= 15 is 0 Å². The van der Waals surface area contributed by atoms with Crippen LogP contribution in [0.5, 0.6) is 0 Å². The lowest BCUT2D eigenvalue weighted by Gasteiger charge is -2.19. The van der Waals surface area contributed by atoms with E-state index in [0.29, 0.717) is 23.0 Å². The second kappa shape index (κ2) is 6.89. The number of carbonyl (C=O) groups is 1. The Balaban J connectivity index is 2.16. The minimum atomic E-state index is -0.236. The van der Waals surface area contributed by atoms with Crippen molar-refractivity contribution in [3.05, 3.63) is 70.6 Å². The van der Waals surface area contributed by atoms with E-state index in [-0.39, 0.29) is 17.4 Å². The first-order valence-corrected chi connectivity index (χ1v) is 8.32. The van der Waals surface area contributed by atoms with E-state index < -0.39 is 0 Å². The van der Waals surface area contributed by atoms with E-state index in [1.165, 1.54) is 4.68 Å². The van der Waals surface area contributed by atoms with Crippen LogP contribution < -0.4 is 10.5 Å². The van der Waals surface area contributed by atoms with E-state index in [1.54, 1.807) is 30.1 Å². The predicted molar refractivity (Wildman–Crippen MR) is 100 cm³/mol. The van der Waals surface area contributed by atoms with Crippen LogP contribution >= 0.6 is 0 Å². The number of benzene rings is 2. The predicted octanol–water partition coefficient (Wildman–Crippen LogP) is 3.33. The molecule has 3 rings (SSSR count). The van der Waals surface area contributed by atoms with Crippen LogP contribution in [0.25, 0.3) is 10.8 Å². The number of anilines is 1. The molecule has 0 radical (unpaired) electrons. The summed E-state index contributed by atoms with van der Waals surface area (Å²) < 4.78 is 1.40. The van der Waals surface area contributed by atoms with Gasteiger partial charge in [-0.2, -0.15) is 5.10 Å². The minimum absolute atomic E-state index is 0.164. The summed E-state index contributed by atoms with van der Waals surface area (Å²) in [4.78, 5) is 27.3. The fraction of sp³-hybridized carbons (Fsp3) is 0.250. The van der Waals surface area contributed by atoms with Gasteiger partial charge >= 0.3 is 0 Å². The largest absolute Gasteiger partial charge is 0.310 e. The molecule has 25 heavy (non-hydrogen) atoms. The standard InChI is InChI=1S/C20H21N3O2/c1-14(2)13-23-19(24)17-12-8-7-11-16(17)18(21-23)20(25)22(3)15-9-5-4-6-10-15/h4-12,14H,13H2,1-3H3. The van der Waals surface area contributed by atoms with Gasteiger partial charge < -0.3 is 4.90 Å². The third kappa shape index (κ3) is 3.31. The highest BCUT2D eigenvalue weighted by Crippen LogP contribution is 2.19. The molecule has 5 nitrogen and oxygen atoms in total. The first kappa shape index (κ1) is 16.9. The minimum Gasteiger partial charge on any atom is -0.310 e. The van der Waals surface area contributed by atoms with E-state index in [0.717, 1.165) is 5.69 Å². The zero-order valence-corrected chi connectivity index (χ0v) is 14.6. The number of para-hydroxylation sites is 1. The molecule has 0 unspecified atom stereocenters. The van der Waals surface area contributed by atoms with Gasteiger partial charge in [0.1, 0.15) is 0 Å². The maximum absolute atomic E-state index is 13.1. The number of aromatic nitrogens is 2. The molecule has 1 amide bonds. The average molecular weight is 335 g/mol. The van der Waals surface area contributed by atoms with Crippen molar-refractivity contribution in [2.75, 3.05) is 11.9 Å². The summed E-state index contributed by atoms with van der Waals surface area (Å²) in [6, 6.07) is 16.5. The van der Waals surface area contributed by atoms with Crippen LogP contribution in [-0.2, 0) is 6.54 Å². The number of amides is 1. The fourth-order valence-electron chi connectivity index (χ4n) is 2.79. The normalized spacial score (nSPS) is 11.0. The third-order valence-electron chi connectivity index (χ3n) is 4.06. The summed E-state index contributed by atoms with van der Waals surface area (Å²) in [6.07, 6.45) is 0. The van der Waals surface area contributed by atoms with Crippen LogP contribution in [0.15, 0.2) is 59.4 Å². The first-order chi connectivity index (χ1) is 12.0. The highest BCUT2D eigenvalue weighted by Gasteiger charge is 2.21. The van der Waals surface area contributed by atoms with Gasteiger partial charge in [-0.25, -0.2) is 4.68 Å². The molecule has 0 saturated heterocycles. The Morgan fingerprint density at radius 2 is 1.64 bits per heavy atom. The molecule has 0 spiro atoms. The summed E-state index contributed by atoms with van der Waals surface area (Å²) in [5.74, 6) is 0.0149. The maximum Gasteiger partial charge on any atom is 0.279 e. The number of fused-ring (bicyclic) bond motifs is 1. The van der Waals surface area contributed by atoms with Crippen molar-refractivity contribution in [1.29, 1.82) is 0 Å². The van der Waals surface area contributed by atoms with E-state index in [9.17, 15) is 9.59 Å². The third-order valence-corrected chi connectivity index (χ3v) is 4.06. The van der Waals surface area contributed by atoms with Crippen LogP contribution in [-0.4, -0.2) is 22.7 Å². The van der Waals surface area contributed by atoms with Crippen LogP contribution in [0.3, 0.4) is 0 Å². The summed E-state index contributed by atoms with van der Waals surface area (Å²) in [6.45, 7) is 4.50. The number of nitrogens with zero attached hydrogens (tertiary/aromatic N) is 3. The molecule has 0 fully saturated rings. The number of hydrogen-bond acceptors (Lipinski definition) is 3. The second-order valence-corrected chi connectivity index (χ2v) is 6.48. The van der Waals surface area contributed by atoms with E-state index in [4.69, 9.17) is 0 Å². The lowest BCUT2D eigenvalue weighted by Crippen LogP contribution is -2.32. The first-order valence-electron chi connectivity index (χ1n) is 8.32. The van der Waals surface area contributed by atoms with Gasteiger partial charge in [0.2, 0.25) is 0 Å². The molecule has 1 heterocycles. The van der Waals surface area contributed by atoms with Gasteiger partial charge in [-0.1, -0.05) is 50.2 Å². The van der Waals surface area contributed by atoms with Crippen molar-refractivity contribution in [3.63, 3.8) is 0 Å². The fourth-order valence-corrected chi connectivity index (χ4v) is 2.79. The molecular formula is C20H21N3O2. The maximum atomic E-state index is 13.1. The second-order valence-electron chi connectivity index (χ2n) is 6.48. The monoisotopic (exact) mass is 335 g/mol. The Bertz CT molecular complexity index is 962. The molecule has 0 N–H and O–H groups in total. The van der Waals surface area contributed by atoms with Gasteiger partial charge in [0.05, 0.1) is 5.39 Å². The SMILES string of the molecule is CC(C)Cn1nc(C(=O)N(C)c2ccccc2)c2ccccc2c1=O. The molecule has 0 aliphatic heterocycles. The molecule has 128 valence electrons. The topological polar surface area (TPSA) is 55.2 Å². The Hall–Kier alpha value is -2.95. The van der Waals surface area contributed by atoms with Crippen molar-refractivity contribution in [2.24, 2.45) is 5.92 Å². The lowest BCUT2D eigenvalue weighted by molar-refractivity contribution is 0.0987. The quantitative estimate of drug-likeness (QED) is 0.735. The van der Waals surface area contributed by atoms with Gasteiger partial charge in [-0.3, -0.25) is 9.59 Å². The van der Waals surface area contributed by atoms with Crippen molar-refractivity contribution in [2.45, 2.75) is 20.4 Å². The molecule has 0 atom stereocenters. The van der Waals surface area contributed by atoms with E-state index in [1.807, 2.05) is 50.2 Å². The van der Waals surface area contributed by atoms with Crippen molar-refractivity contribution in [1.82, 2.24) is 9.78 Å². The molecule has 3 aromatic rings. The molecular weight excluding hydrogens is 314 g/mol. The van der Waals surface area contributed by atoms with Gasteiger partial charge in [-0.15, -0.1) is 0 Å². The van der Waals surface area contributed by atoms with Crippen LogP contribution in [0.1, 0.15) is 24.3 Å². The molecule has 0 aliphatic rings. The average Bonchev–Trinajstić information content (AvgIpc) is 2.63. The van der Waals surface area contributed by atoms with Gasteiger partial charge in [0.25, 0.3) is 11.5 Å². The molecule has 1 aromatic heterocycles. The molecule has 0 saturated carbocycles. The molecule has 0 aliphatic carbocycles. The summed E-state index contributed by atoms with van der Waals surface area (Å²) in [7, 11) is 1.71. The zero-order valence-electron chi connectivity index (χ0n) is 14.6.